The highest BCUT2D eigenvalue weighted by atomic mass is 35.5. The lowest BCUT2D eigenvalue weighted by Crippen LogP contribution is -2.22. The maximum Gasteiger partial charge on any atom is 0.325 e. The largest absolute Gasteiger partial charge is 0.325 e. The van der Waals surface area contributed by atoms with E-state index < -0.39 is 11.2 Å². The molecule has 0 aliphatic heterocycles. The third kappa shape index (κ3) is 4.80. The van der Waals surface area contributed by atoms with Crippen LogP contribution in [0.2, 0.25) is 5.02 Å². The van der Waals surface area contributed by atoms with Crippen LogP contribution in [0.15, 0.2) is 39.9 Å². The van der Waals surface area contributed by atoms with Gasteiger partial charge in [-0.25, -0.2) is 4.79 Å². The Hall–Kier alpha value is -1.99. The van der Waals surface area contributed by atoms with Gasteiger partial charge in [-0.05, 0) is 12.1 Å². The SMILES string of the molecule is O=C(CSCc1cc(=O)[nH]c(=O)[nH]1)Nc1ccccc1Cl. The van der Waals surface area contributed by atoms with Crippen LogP contribution in [0.3, 0.4) is 0 Å². The van der Waals surface area contributed by atoms with Crippen LogP contribution in [0.1, 0.15) is 5.69 Å². The first-order valence-corrected chi connectivity index (χ1v) is 7.52. The van der Waals surface area contributed by atoms with Gasteiger partial charge in [0.15, 0.2) is 0 Å². The average molecular weight is 326 g/mol. The minimum Gasteiger partial charge on any atom is -0.324 e. The van der Waals surface area contributed by atoms with Crippen molar-refractivity contribution in [3.63, 3.8) is 0 Å². The molecular formula is C13H12ClN3O3S. The zero-order valence-corrected chi connectivity index (χ0v) is 12.4. The van der Waals surface area contributed by atoms with Crippen LogP contribution in [0, 0.1) is 0 Å². The first-order chi connectivity index (χ1) is 10.0. The second kappa shape index (κ2) is 7.14. The molecular weight excluding hydrogens is 314 g/mol. The Morgan fingerprint density at radius 3 is 2.71 bits per heavy atom. The number of H-pyrrole nitrogens is 2. The topological polar surface area (TPSA) is 94.8 Å². The lowest BCUT2D eigenvalue weighted by molar-refractivity contribution is -0.113. The molecule has 0 fully saturated rings. The van der Waals surface area contributed by atoms with E-state index in [0.29, 0.717) is 22.2 Å². The molecule has 8 heteroatoms. The van der Waals surface area contributed by atoms with Crippen LogP contribution in [-0.2, 0) is 10.5 Å². The first-order valence-electron chi connectivity index (χ1n) is 5.99. The predicted molar refractivity (Wildman–Crippen MR) is 83.9 cm³/mol. The van der Waals surface area contributed by atoms with Crippen LogP contribution in [0.4, 0.5) is 5.69 Å². The van der Waals surface area contributed by atoms with Crippen molar-refractivity contribution in [1.82, 2.24) is 9.97 Å². The van der Waals surface area contributed by atoms with Crippen LogP contribution < -0.4 is 16.6 Å². The Labute approximate surface area is 128 Å². The van der Waals surface area contributed by atoms with Crippen molar-refractivity contribution in [2.45, 2.75) is 5.75 Å². The van der Waals surface area contributed by atoms with E-state index in [0.717, 1.165) is 0 Å². The van der Waals surface area contributed by atoms with Crippen molar-refractivity contribution >= 4 is 35.0 Å². The number of hydrogen-bond donors (Lipinski definition) is 3. The lowest BCUT2D eigenvalue weighted by Gasteiger charge is -2.06. The summed E-state index contributed by atoms with van der Waals surface area (Å²) in [5.74, 6) is 0.329. The Morgan fingerprint density at radius 2 is 2.00 bits per heavy atom. The molecule has 0 saturated heterocycles. The quantitative estimate of drug-likeness (QED) is 0.778. The molecule has 2 rings (SSSR count). The third-order valence-corrected chi connectivity index (χ3v) is 3.77. The number of carbonyl (C=O) groups is 1. The normalized spacial score (nSPS) is 10.3. The molecule has 21 heavy (non-hydrogen) atoms. The number of aromatic amines is 2. The summed E-state index contributed by atoms with van der Waals surface area (Å²) in [7, 11) is 0. The molecule has 0 aliphatic rings. The summed E-state index contributed by atoms with van der Waals surface area (Å²) in [6, 6.07) is 8.23. The predicted octanol–water partition coefficient (Wildman–Crippen LogP) is 1.59. The van der Waals surface area contributed by atoms with Gasteiger partial charge >= 0.3 is 5.69 Å². The summed E-state index contributed by atoms with van der Waals surface area (Å²) in [4.78, 5) is 38.5. The Balaban J connectivity index is 1.86. The van der Waals surface area contributed by atoms with Crippen LogP contribution in [0.5, 0.6) is 0 Å². The molecule has 0 aliphatic carbocycles. The molecule has 0 saturated carbocycles. The van der Waals surface area contributed by atoms with E-state index in [1.54, 1.807) is 24.3 Å². The van der Waals surface area contributed by atoms with Gasteiger partial charge in [-0.3, -0.25) is 14.6 Å². The molecule has 0 radical (unpaired) electrons. The molecule has 0 atom stereocenters. The number of thioether (sulfide) groups is 1. The molecule has 2 aromatic rings. The van der Waals surface area contributed by atoms with Crippen molar-refractivity contribution < 1.29 is 4.79 Å². The Bertz CT molecular complexity index is 728. The highest BCUT2D eigenvalue weighted by Crippen LogP contribution is 2.20. The number of aromatic nitrogens is 2. The number of nitrogens with one attached hydrogen (secondary N) is 3. The van der Waals surface area contributed by atoms with E-state index in [-0.39, 0.29) is 11.7 Å². The number of hydrogen-bond acceptors (Lipinski definition) is 4. The van der Waals surface area contributed by atoms with E-state index >= 15 is 0 Å². The zero-order chi connectivity index (χ0) is 15.2. The van der Waals surface area contributed by atoms with Gasteiger partial charge in [-0.15, -0.1) is 11.8 Å². The van der Waals surface area contributed by atoms with Gasteiger partial charge in [-0.2, -0.15) is 0 Å². The Kier molecular flexibility index (Phi) is 5.24. The van der Waals surface area contributed by atoms with E-state index in [2.05, 4.69) is 15.3 Å². The molecule has 0 unspecified atom stereocenters. The molecule has 110 valence electrons. The van der Waals surface area contributed by atoms with Crippen molar-refractivity contribution in [3.8, 4) is 0 Å². The second-order valence-corrected chi connectivity index (χ2v) is 5.53. The van der Waals surface area contributed by atoms with Gasteiger partial charge in [0.1, 0.15) is 0 Å². The molecule has 3 N–H and O–H groups in total. The lowest BCUT2D eigenvalue weighted by atomic mass is 10.3. The van der Waals surface area contributed by atoms with E-state index in [1.807, 2.05) is 0 Å². The monoisotopic (exact) mass is 325 g/mol. The summed E-state index contributed by atoms with van der Waals surface area (Å²) in [5.41, 5.74) is 0.00195. The fourth-order valence-electron chi connectivity index (χ4n) is 1.60. The van der Waals surface area contributed by atoms with Gasteiger partial charge in [0.05, 0.1) is 16.5 Å². The molecule has 1 aromatic carbocycles. The van der Waals surface area contributed by atoms with Gasteiger partial charge in [0, 0.05) is 17.5 Å². The van der Waals surface area contributed by atoms with E-state index in [9.17, 15) is 14.4 Å². The fraction of sp³-hybridized carbons (Fsp3) is 0.154. The highest BCUT2D eigenvalue weighted by molar-refractivity contribution is 7.99. The maximum atomic E-state index is 11.8. The Morgan fingerprint density at radius 1 is 1.24 bits per heavy atom. The standard InChI is InChI=1S/C13H12ClN3O3S/c14-9-3-1-2-4-10(9)16-12(19)7-21-6-8-5-11(18)17-13(20)15-8/h1-5H,6-7H2,(H,16,19)(H2,15,17,18,20). The second-order valence-electron chi connectivity index (χ2n) is 4.13. The van der Waals surface area contributed by atoms with Crippen molar-refractivity contribution in [1.29, 1.82) is 0 Å². The molecule has 1 heterocycles. The number of rotatable bonds is 5. The minimum atomic E-state index is -0.557. The number of halogens is 1. The van der Waals surface area contributed by atoms with Gasteiger partial charge in [0.2, 0.25) is 5.91 Å². The summed E-state index contributed by atoms with van der Waals surface area (Å²) in [5, 5.41) is 3.16. The summed E-state index contributed by atoms with van der Waals surface area (Å²) in [6.07, 6.45) is 0. The highest BCUT2D eigenvalue weighted by Gasteiger charge is 2.06. The van der Waals surface area contributed by atoms with Crippen LogP contribution in [-0.4, -0.2) is 21.6 Å². The van der Waals surface area contributed by atoms with Crippen molar-refractivity contribution in [3.05, 3.63) is 61.9 Å². The molecule has 6 nitrogen and oxygen atoms in total. The summed E-state index contributed by atoms with van der Waals surface area (Å²) >= 11 is 7.21. The number of carbonyl (C=O) groups excluding carboxylic acids is 1. The smallest absolute Gasteiger partial charge is 0.324 e. The molecule has 0 spiro atoms. The van der Waals surface area contributed by atoms with Gasteiger partial charge in [-0.1, -0.05) is 23.7 Å². The van der Waals surface area contributed by atoms with E-state index in [4.69, 9.17) is 11.6 Å². The minimum absolute atomic E-state index is 0.181. The van der Waals surface area contributed by atoms with Gasteiger partial charge in [0.25, 0.3) is 5.56 Å². The van der Waals surface area contributed by atoms with E-state index in [1.165, 1.54) is 17.8 Å². The summed E-state index contributed by atoms with van der Waals surface area (Å²) < 4.78 is 0. The number of para-hydroxylation sites is 1. The third-order valence-electron chi connectivity index (χ3n) is 2.45. The number of anilines is 1. The number of amides is 1. The molecule has 1 aromatic heterocycles. The van der Waals surface area contributed by atoms with Crippen molar-refractivity contribution in [2.24, 2.45) is 0 Å². The average Bonchev–Trinajstić information content (AvgIpc) is 2.40. The molecule has 1 amide bonds. The maximum absolute atomic E-state index is 11.8. The van der Waals surface area contributed by atoms with Crippen molar-refractivity contribution in [2.75, 3.05) is 11.1 Å². The fourth-order valence-corrected chi connectivity index (χ4v) is 2.52. The molecule has 0 bridgehead atoms. The van der Waals surface area contributed by atoms with Gasteiger partial charge < -0.3 is 10.3 Å². The first kappa shape index (κ1) is 15.4. The van der Waals surface area contributed by atoms with Crippen LogP contribution >= 0.6 is 23.4 Å². The van der Waals surface area contributed by atoms with Crippen LogP contribution in [0.25, 0.3) is 0 Å². The number of benzene rings is 1. The zero-order valence-electron chi connectivity index (χ0n) is 10.8. The summed E-state index contributed by atoms with van der Waals surface area (Å²) in [6.45, 7) is 0.